The van der Waals surface area contributed by atoms with Gasteiger partial charge in [0.2, 0.25) is 0 Å². The Morgan fingerprint density at radius 3 is 2.81 bits per heavy atom. The summed E-state index contributed by atoms with van der Waals surface area (Å²) in [6.07, 6.45) is 2.08. The average molecular weight is 223 g/mol. The number of hydrogen-bond donors (Lipinski definition) is 2. The number of ether oxygens (including phenoxy) is 1. The predicted molar refractivity (Wildman–Crippen MR) is 66.1 cm³/mol. The van der Waals surface area contributed by atoms with E-state index in [1.807, 2.05) is 12.1 Å². The molecule has 0 heterocycles. The van der Waals surface area contributed by atoms with Gasteiger partial charge in [0.1, 0.15) is 0 Å². The summed E-state index contributed by atoms with van der Waals surface area (Å²) >= 11 is 0. The van der Waals surface area contributed by atoms with Gasteiger partial charge in [-0.2, -0.15) is 0 Å². The molecule has 0 saturated heterocycles. The van der Waals surface area contributed by atoms with Crippen LogP contribution in [0.4, 0.5) is 0 Å². The molecule has 0 aromatic heterocycles. The van der Waals surface area contributed by atoms with Crippen LogP contribution in [0, 0.1) is 0 Å². The summed E-state index contributed by atoms with van der Waals surface area (Å²) in [7, 11) is 1.57. The summed E-state index contributed by atoms with van der Waals surface area (Å²) in [5.41, 5.74) is 1.17. The summed E-state index contributed by atoms with van der Waals surface area (Å²) in [5.74, 6) is 0.737. The molecule has 2 N–H and O–H groups in total. The van der Waals surface area contributed by atoms with Crippen molar-refractivity contribution >= 4 is 0 Å². The molecule has 0 fully saturated rings. The van der Waals surface area contributed by atoms with Crippen LogP contribution in [-0.2, 0) is 6.42 Å². The van der Waals surface area contributed by atoms with Crippen LogP contribution in [0.25, 0.3) is 0 Å². The van der Waals surface area contributed by atoms with Gasteiger partial charge in [-0.3, -0.25) is 0 Å². The molecule has 0 saturated carbocycles. The molecule has 0 bridgehead atoms. The Hall–Kier alpha value is -1.22. The fourth-order valence-corrected chi connectivity index (χ4v) is 1.67. The van der Waals surface area contributed by atoms with Crippen molar-refractivity contribution in [2.45, 2.75) is 32.7 Å². The van der Waals surface area contributed by atoms with Gasteiger partial charge in [-0.05, 0) is 44.0 Å². The molecule has 0 radical (unpaired) electrons. The van der Waals surface area contributed by atoms with Crippen molar-refractivity contribution in [1.82, 2.24) is 5.32 Å². The van der Waals surface area contributed by atoms with Gasteiger partial charge in [-0.25, -0.2) is 0 Å². The van der Waals surface area contributed by atoms with Crippen molar-refractivity contribution in [2.24, 2.45) is 0 Å². The Kier molecular flexibility index (Phi) is 5.12. The number of aromatic hydroxyl groups is 1. The molecule has 0 amide bonds. The molecule has 1 unspecified atom stereocenters. The highest BCUT2D eigenvalue weighted by Gasteiger charge is 2.06. The summed E-state index contributed by atoms with van der Waals surface area (Å²) in [5, 5.41) is 12.9. The molecular formula is C13H21NO2. The molecular weight excluding hydrogens is 202 g/mol. The highest BCUT2D eigenvalue weighted by atomic mass is 16.5. The monoisotopic (exact) mass is 223 g/mol. The lowest BCUT2D eigenvalue weighted by Gasteiger charge is -2.14. The first kappa shape index (κ1) is 12.8. The zero-order chi connectivity index (χ0) is 12.0. The highest BCUT2D eigenvalue weighted by Crippen LogP contribution is 2.26. The number of phenolic OH excluding ortho intramolecular Hbond substituents is 1. The molecule has 16 heavy (non-hydrogen) atoms. The van der Waals surface area contributed by atoms with Crippen LogP contribution < -0.4 is 10.1 Å². The van der Waals surface area contributed by atoms with Gasteiger partial charge >= 0.3 is 0 Å². The molecule has 0 aliphatic rings. The molecule has 3 heteroatoms. The molecule has 1 rings (SSSR count). The fourth-order valence-electron chi connectivity index (χ4n) is 1.67. The predicted octanol–water partition coefficient (Wildman–Crippen LogP) is 2.33. The van der Waals surface area contributed by atoms with Crippen molar-refractivity contribution in [1.29, 1.82) is 0 Å². The number of methoxy groups -OCH3 is 1. The number of rotatable bonds is 6. The van der Waals surface area contributed by atoms with Gasteiger partial charge in [0.15, 0.2) is 11.5 Å². The molecule has 1 aromatic rings. The van der Waals surface area contributed by atoms with Crippen LogP contribution in [-0.4, -0.2) is 24.8 Å². The van der Waals surface area contributed by atoms with Gasteiger partial charge in [0.05, 0.1) is 7.11 Å². The lowest BCUT2D eigenvalue weighted by atomic mass is 10.1. The van der Waals surface area contributed by atoms with Crippen LogP contribution in [0.5, 0.6) is 11.5 Å². The third kappa shape index (κ3) is 3.74. The molecule has 90 valence electrons. The van der Waals surface area contributed by atoms with Gasteiger partial charge in [-0.1, -0.05) is 13.0 Å². The highest BCUT2D eigenvalue weighted by molar-refractivity contribution is 5.41. The van der Waals surface area contributed by atoms with Crippen molar-refractivity contribution in [2.75, 3.05) is 13.7 Å². The van der Waals surface area contributed by atoms with Crippen molar-refractivity contribution in [3.05, 3.63) is 23.8 Å². The third-order valence-electron chi connectivity index (χ3n) is 2.53. The van der Waals surface area contributed by atoms with Crippen LogP contribution in [0.2, 0.25) is 0 Å². The van der Waals surface area contributed by atoms with Crippen LogP contribution in [0.1, 0.15) is 25.8 Å². The van der Waals surface area contributed by atoms with E-state index in [1.165, 1.54) is 5.56 Å². The minimum atomic E-state index is 0.195. The molecule has 1 aromatic carbocycles. The molecule has 3 nitrogen and oxygen atoms in total. The first-order chi connectivity index (χ1) is 7.67. The maximum absolute atomic E-state index is 9.47. The van der Waals surface area contributed by atoms with E-state index >= 15 is 0 Å². The third-order valence-corrected chi connectivity index (χ3v) is 2.53. The minimum absolute atomic E-state index is 0.195. The molecule has 1 atom stereocenters. The van der Waals surface area contributed by atoms with E-state index in [0.717, 1.165) is 19.4 Å². The fraction of sp³-hybridized carbons (Fsp3) is 0.538. The lowest BCUT2D eigenvalue weighted by Crippen LogP contribution is -2.28. The van der Waals surface area contributed by atoms with Crippen LogP contribution in [0.3, 0.4) is 0 Å². The maximum atomic E-state index is 9.47. The smallest absolute Gasteiger partial charge is 0.160 e. The molecule has 0 aliphatic heterocycles. The minimum Gasteiger partial charge on any atom is -0.504 e. The first-order valence-corrected chi connectivity index (χ1v) is 5.76. The summed E-state index contributed by atoms with van der Waals surface area (Å²) < 4.78 is 5.08. The topological polar surface area (TPSA) is 41.5 Å². The summed E-state index contributed by atoms with van der Waals surface area (Å²) in [6.45, 7) is 5.36. The second-order valence-corrected chi connectivity index (χ2v) is 4.07. The average Bonchev–Trinajstić information content (AvgIpc) is 2.29. The quantitative estimate of drug-likeness (QED) is 0.777. The van der Waals surface area contributed by atoms with Gasteiger partial charge in [0.25, 0.3) is 0 Å². The standard InChI is InChI=1S/C13H21NO2/c1-4-7-14-10(2)8-11-5-6-12(15)13(9-11)16-3/h5-6,9-10,14-15H,4,7-8H2,1-3H3. The number of nitrogens with one attached hydrogen (secondary N) is 1. The lowest BCUT2D eigenvalue weighted by molar-refractivity contribution is 0.372. The van der Waals surface area contributed by atoms with E-state index < -0.39 is 0 Å². The van der Waals surface area contributed by atoms with Gasteiger partial charge < -0.3 is 15.2 Å². The molecule has 0 spiro atoms. The van der Waals surface area contributed by atoms with Crippen molar-refractivity contribution < 1.29 is 9.84 Å². The maximum Gasteiger partial charge on any atom is 0.160 e. The number of hydrogen-bond acceptors (Lipinski definition) is 3. The summed E-state index contributed by atoms with van der Waals surface area (Å²) in [6, 6.07) is 5.94. The Balaban J connectivity index is 2.59. The summed E-state index contributed by atoms with van der Waals surface area (Å²) in [4.78, 5) is 0. The van der Waals surface area contributed by atoms with E-state index in [4.69, 9.17) is 4.74 Å². The van der Waals surface area contributed by atoms with Crippen molar-refractivity contribution in [3.8, 4) is 11.5 Å². The van der Waals surface area contributed by atoms with E-state index in [0.29, 0.717) is 11.8 Å². The van der Waals surface area contributed by atoms with E-state index in [9.17, 15) is 5.11 Å². The van der Waals surface area contributed by atoms with E-state index in [1.54, 1.807) is 13.2 Å². The zero-order valence-electron chi connectivity index (χ0n) is 10.3. The van der Waals surface area contributed by atoms with Crippen LogP contribution in [0.15, 0.2) is 18.2 Å². The normalized spacial score (nSPS) is 12.4. The van der Waals surface area contributed by atoms with Gasteiger partial charge in [-0.15, -0.1) is 0 Å². The van der Waals surface area contributed by atoms with E-state index in [-0.39, 0.29) is 5.75 Å². The van der Waals surface area contributed by atoms with Gasteiger partial charge in [0, 0.05) is 6.04 Å². The van der Waals surface area contributed by atoms with Crippen LogP contribution >= 0.6 is 0 Å². The Morgan fingerprint density at radius 2 is 2.19 bits per heavy atom. The molecule has 0 aliphatic carbocycles. The second kappa shape index (κ2) is 6.38. The zero-order valence-corrected chi connectivity index (χ0v) is 10.3. The van der Waals surface area contributed by atoms with Crippen molar-refractivity contribution in [3.63, 3.8) is 0 Å². The Labute approximate surface area is 97.4 Å². The SMILES string of the molecule is CCCNC(C)Cc1ccc(O)c(OC)c1. The van der Waals surface area contributed by atoms with E-state index in [2.05, 4.69) is 19.2 Å². The number of benzene rings is 1. The Morgan fingerprint density at radius 1 is 1.44 bits per heavy atom. The number of phenols is 1. The Bertz CT molecular complexity index is 326. The largest absolute Gasteiger partial charge is 0.504 e. The second-order valence-electron chi connectivity index (χ2n) is 4.07. The first-order valence-electron chi connectivity index (χ1n) is 5.76.